The number of nitrogens with one attached hydrogen (secondary N) is 1. The zero-order chi connectivity index (χ0) is 15.3. The second-order valence-corrected chi connectivity index (χ2v) is 5.17. The first kappa shape index (κ1) is 16.5. The number of hydrogen-bond acceptors (Lipinski definition) is 4. The summed E-state index contributed by atoms with van der Waals surface area (Å²) in [4.78, 5) is 11.7. The molecule has 0 radical (unpaired) electrons. The summed E-state index contributed by atoms with van der Waals surface area (Å²) in [6, 6.07) is 4.59. The van der Waals surface area contributed by atoms with E-state index in [4.69, 9.17) is 9.47 Å². The molecule has 0 spiro atoms. The van der Waals surface area contributed by atoms with Crippen molar-refractivity contribution >= 4 is 23.4 Å². The van der Waals surface area contributed by atoms with Crippen molar-refractivity contribution < 1.29 is 27.4 Å². The van der Waals surface area contributed by atoms with Crippen LogP contribution in [0.2, 0.25) is 0 Å². The number of methoxy groups -OCH3 is 2. The zero-order valence-corrected chi connectivity index (χ0v) is 11.9. The molecule has 1 rings (SSSR count). The smallest absolute Gasteiger partial charge is 0.442 e. The third-order valence-corrected chi connectivity index (χ3v) is 3.18. The van der Waals surface area contributed by atoms with Crippen LogP contribution in [0.5, 0.6) is 11.5 Å². The Morgan fingerprint density at radius 2 is 1.95 bits per heavy atom. The van der Waals surface area contributed by atoms with E-state index >= 15 is 0 Å². The van der Waals surface area contributed by atoms with Crippen LogP contribution in [-0.4, -0.2) is 30.9 Å². The monoisotopic (exact) mass is 309 g/mol. The van der Waals surface area contributed by atoms with Gasteiger partial charge < -0.3 is 14.8 Å². The van der Waals surface area contributed by atoms with Gasteiger partial charge in [-0.25, -0.2) is 0 Å². The lowest BCUT2D eigenvalue weighted by molar-refractivity contribution is -0.115. The average molecular weight is 309 g/mol. The van der Waals surface area contributed by atoms with E-state index in [2.05, 4.69) is 5.32 Å². The summed E-state index contributed by atoms with van der Waals surface area (Å²) in [5.41, 5.74) is -4.17. The minimum absolute atomic E-state index is 0.285. The molecule has 1 N–H and O–H groups in total. The van der Waals surface area contributed by atoms with Gasteiger partial charge in [0.25, 0.3) is 0 Å². The number of amides is 1. The van der Waals surface area contributed by atoms with E-state index in [0.717, 1.165) is 0 Å². The molecular formula is C12H14F3NO3S. The Morgan fingerprint density at radius 1 is 1.30 bits per heavy atom. The molecule has 0 bridgehead atoms. The summed E-state index contributed by atoms with van der Waals surface area (Å²) in [6.45, 7) is 1.18. The molecule has 0 aliphatic carbocycles. The number of ether oxygens (including phenoxy) is 2. The minimum Gasteiger partial charge on any atom is -0.497 e. The molecule has 1 atom stereocenters. The SMILES string of the molecule is COc1ccc(NC(=O)C(C)SC(F)(F)F)c(OC)c1. The van der Waals surface area contributed by atoms with Gasteiger partial charge in [-0.05, 0) is 30.8 Å². The van der Waals surface area contributed by atoms with Crippen LogP contribution in [0.25, 0.3) is 0 Å². The summed E-state index contributed by atoms with van der Waals surface area (Å²) in [5, 5.41) is 1.13. The van der Waals surface area contributed by atoms with Gasteiger partial charge in [-0.3, -0.25) is 4.79 Å². The van der Waals surface area contributed by atoms with Crippen molar-refractivity contribution in [2.75, 3.05) is 19.5 Å². The summed E-state index contributed by atoms with van der Waals surface area (Å²) < 4.78 is 46.6. The van der Waals surface area contributed by atoms with Crippen LogP contribution in [0.4, 0.5) is 18.9 Å². The number of carbonyl (C=O) groups is 1. The summed E-state index contributed by atoms with van der Waals surface area (Å²) in [7, 11) is 2.85. The van der Waals surface area contributed by atoms with Gasteiger partial charge in [0.1, 0.15) is 11.5 Å². The van der Waals surface area contributed by atoms with E-state index in [-0.39, 0.29) is 17.4 Å². The first-order chi connectivity index (χ1) is 9.26. The van der Waals surface area contributed by atoms with Gasteiger partial charge in [-0.1, -0.05) is 0 Å². The topological polar surface area (TPSA) is 47.6 Å². The van der Waals surface area contributed by atoms with E-state index in [1.807, 2.05) is 0 Å². The molecule has 1 unspecified atom stereocenters. The first-order valence-electron chi connectivity index (χ1n) is 5.54. The molecule has 4 nitrogen and oxygen atoms in total. The molecule has 1 aromatic carbocycles. The minimum atomic E-state index is -4.46. The Labute approximate surface area is 118 Å². The van der Waals surface area contributed by atoms with Crippen LogP contribution in [0.3, 0.4) is 0 Å². The van der Waals surface area contributed by atoms with Gasteiger partial charge in [0, 0.05) is 6.07 Å². The molecule has 112 valence electrons. The van der Waals surface area contributed by atoms with Crippen molar-refractivity contribution in [2.45, 2.75) is 17.7 Å². The van der Waals surface area contributed by atoms with E-state index in [9.17, 15) is 18.0 Å². The number of carbonyl (C=O) groups excluding carboxylic acids is 1. The first-order valence-corrected chi connectivity index (χ1v) is 6.42. The molecule has 0 saturated carbocycles. The summed E-state index contributed by atoms with van der Waals surface area (Å²) in [5.74, 6) is 0.0651. The highest BCUT2D eigenvalue weighted by molar-refractivity contribution is 8.01. The second-order valence-electron chi connectivity index (χ2n) is 3.76. The Bertz CT molecular complexity index is 480. The van der Waals surface area contributed by atoms with Crippen LogP contribution in [0.15, 0.2) is 18.2 Å². The van der Waals surface area contributed by atoms with E-state index in [0.29, 0.717) is 11.5 Å². The lowest BCUT2D eigenvalue weighted by atomic mass is 10.2. The Morgan fingerprint density at radius 3 is 2.45 bits per heavy atom. The largest absolute Gasteiger partial charge is 0.497 e. The van der Waals surface area contributed by atoms with Crippen LogP contribution < -0.4 is 14.8 Å². The third kappa shape index (κ3) is 4.84. The van der Waals surface area contributed by atoms with Gasteiger partial charge in [0.15, 0.2) is 0 Å². The fourth-order valence-electron chi connectivity index (χ4n) is 1.39. The molecule has 0 heterocycles. The second kappa shape index (κ2) is 6.74. The highest BCUT2D eigenvalue weighted by Gasteiger charge is 2.34. The fraction of sp³-hybridized carbons (Fsp3) is 0.417. The maximum Gasteiger partial charge on any atom is 0.442 e. The number of anilines is 1. The highest BCUT2D eigenvalue weighted by Crippen LogP contribution is 2.35. The normalized spacial score (nSPS) is 12.7. The van der Waals surface area contributed by atoms with Crippen LogP contribution in [0.1, 0.15) is 6.92 Å². The van der Waals surface area contributed by atoms with Gasteiger partial charge in [-0.15, -0.1) is 0 Å². The van der Waals surface area contributed by atoms with Crippen LogP contribution in [0, 0.1) is 0 Å². The standard InChI is InChI=1S/C12H14F3NO3S/c1-7(20-12(13,14)15)11(17)16-9-5-4-8(18-2)6-10(9)19-3/h4-7H,1-3H3,(H,16,17). The molecule has 8 heteroatoms. The van der Waals surface area contributed by atoms with Crippen molar-refractivity contribution in [3.05, 3.63) is 18.2 Å². The summed E-state index contributed by atoms with van der Waals surface area (Å²) >= 11 is -0.372. The lowest BCUT2D eigenvalue weighted by Gasteiger charge is -2.15. The molecule has 1 amide bonds. The van der Waals surface area contributed by atoms with Crippen molar-refractivity contribution in [1.29, 1.82) is 0 Å². The fourth-order valence-corrected chi connectivity index (χ4v) is 1.96. The predicted octanol–water partition coefficient (Wildman–Crippen LogP) is 3.28. The molecule has 1 aromatic rings. The maximum absolute atomic E-state index is 12.2. The molecule has 0 saturated heterocycles. The lowest BCUT2D eigenvalue weighted by Crippen LogP contribution is -2.25. The van der Waals surface area contributed by atoms with Crippen molar-refractivity contribution in [3.8, 4) is 11.5 Å². The molecule has 0 aliphatic rings. The number of halogens is 3. The number of benzene rings is 1. The Balaban J connectivity index is 2.80. The third-order valence-electron chi connectivity index (χ3n) is 2.35. The zero-order valence-electron chi connectivity index (χ0n) is 11.1. The van der Waals surface area contributed by atoms with Gasteiger partial charge in [0.2, 0.25) is 5.91 Å². The van der Waals surface area contributed by atoms with Crippen LogP contribution in [-0.2, 0) is 4.79 Å². The van der Waals surface area contributed by atoms with E-state index < -0.39 is 16.7 Å². The van der Waals surface area contributed by atoms with Gasteiger partial charge >= 0.3 is 5.51 Å². The van der Waals surface area contributed by atoms with Crippen molar-refractivity contribution in [3.63, 3.8) is 0 Å². The van der Waals surface area contributed by atoms with Crippen LogP contribution >= 0.6 is 11.8 Å². The van der Waals surface area contributed by atoms with Gasteiger partial charge in [-0.2, -0.15) is 13.2 Å². The van der Waals surface area contributed by atoms with E-state index in [1.165, 1.54) is 33.3 Å². The highest BCUT2D eigenvalue weighted by atomic mass is 32.2. The van der Waals surface area contributed by atoms with E-state index in [1.54, 1.807) is 6.07 Å². The quantitative estimate of drug-likeness (QED) is 0.907. The Kier molecular flexibility index (Phi) is 5.55. The van der Waals surface area contributed by atoms with Crippen molar-refractivity contribution in [2.24, 2.45) is 0 Å². The molecule has 20 heavy (non-hydrogen) atoms. The Hall–Kier alpha value is -1.57. The molecule has 0 aliphatic heterocycles. The number of hydrogen-bond donors (Lipinski definition) is 1. The molecule has 0 aromatic heterocycles. The average Bonchev–Trinajstić information content (AvgIpc) is 2.37. The number of rotatable bonds is 5. The van der Waals surface area contributed by atoms with Gasteiger partial charge in [0.05, 0.1) is 25.2 Å². The maximum atomic E-state index is 12.2. The number of alkyl halides is 3. The molecular weight excluding hydrogens is 295 g/mol. The predicted molar refractivity (Wildman–Crippen MR) is 71.3 cm³/mol. The molecule has 0 fully saturated rings. The number of thioether (sulfide) groups is 1. The van der Waals surface area contributed by atoms with Crippen molar-refractivity contribution in [1.82, 2.24) is 0 Å². The summed E-state index contributed by atoms with van der Waals surface area (Å²) in [6.07, 6.45) is 0.